The van der Waals surface area contributed by atoms with Gasteiger partial charge in [0.1, 0.15) is 5.75 Å². The molecule has 1 fully saturated rings. The van der Waals surface area contributed by atoms with Crippen molar-refractivity contribution in [3.05, 3.63) is 18.2 Å². The predicted molar refractivity (Wildman–Crippen MR) is 92.8 cm³/mol. The van der Waals surface area contributed by atoms with Crippen molar-refractivity contribution < 1.29 is 18.0 Å². The maximum Gasteiger partial charge on any atom is 0.233 e. The molecule has 0 saturated carbocycles. The molecule has 2 rings (SSSR count). The Hall–Kier alpha value is -1.51. The molecule has 1 aliphatic rings. The van der Waals surface area contributed by atoms with Crippen LogP contribution in [0.3, 0.4) is 0 Å². The number of quaternary nitrogens is 1. The van der Waals surface area contributed by atoms with E-state index in [1.807, 2.05) is 0 Å². The molecule has 0 radical (unpaired) electrons. The lowest BCUT2D eigenvalue weighted by Gasteiger charge is -2.41. The number of benzene rings is 1. The zero-order chi connectivity index (χ0) is 17.1. The molecule has 1 aromatic carbocycles. The molecule has 1 aliphatic heterocycles. The lowest BCUT2D eigenvalue weighted by atomic mass is 10.2. The molecule has 4 N–H and O–H groups in total. The van der Waals surface area contributed by atoms with E-state index in [9.17, 15) is 13.5 Å². The van der Waals surface area contributed by atoms with Crippen molar-refractivity contribution in [2.24, 2.45) is 0 Å². The number of likely N-dealkylation sites (N-methyl/N-ethyl adjacent to an activating group) is 2. The highest BCUT2D eigenvalue weighted by molar-refractivity contribution is 7.92. The standard InChI is InChI=1S/C15H26N4O3S/c1-18-6-9-19(2,10-7-18)8-3-11-23(21,22)17-14-5-4-13(16)12-15(14)20/h4-5,12,17H,3,6-11,16H2,1-2H3/p+1. The van der Waals surface area contributed by atoms with E-state index in [1.54, 1.807) is 6.07 Å². The van der Waals surface area contributed by atoms with E-state index in [0.717, 1.165) is 37.2 Å². The fourth-order valence-electron chi connectivity index (χ4n) is 2.76. The Bertz CT molecular complexity index is 640. The largest absolute Gasteiger partial charge is 0.506 e. The number of phenolic OH excluding ortho intramolecular Hbond substituents is 1. The molecule has 1 heterocycles. The first-order chi connectivity index (χ1) is 10.7. The van der Waals surface area contributed by atoms with Crippen molar-refractivity contribution >= 4 is 21.4 Å². The molecular weight excluding hydrogens is 316 g/mol. The van der Waals surface area contributed by atoms with E-state index in [2.05, 4.69) is 23.7 Å². The Morgan fingerprint density at radius 3 is 2.61 bits per heavy atom. The zero-order valence-corrected chi connectivity index (χ0v) is 14.6. The van der Waals surface area contributed by atoms with Gasteiger partial charge in [-0.25, -0.2) is 8.42 Å². The summed E-state index contributed by atoms with van der Waals surface area (Å²) in [5.41, 5.74) is 6.09. The summed E-state index contributed by atoms with van der Waals surface area (Å²) in [4.78, 5) is 2.29. The molecule has 1 saturated heterocycles. The monoisotopic (exact) mass is 343 g/mol. The molecular formula is C15H27N4O3S+. The highest BCUT2D eigenvalue weighted by Gasteiger charge is 2.27. The lowest BCUT2D eigenvalue weighted by Crippen LogP contribution is -2.56. The first kappa shape index (κ1) is 17.8. The number of anilines is 2. The van der Waals surface area contributed by atoms with Crippen LogP contribution < -0.4 is 10.5 Å². The minimum absolute atomic E-state index is 0.0422. The molecule has 0 atom stereocenters. The van der Waals surface area contributed by atoms with Gasteiger partial charge in [-0.2, -0.15) is 0 Å². The van der Waals surface area contributed by atoms with E-state index >= 15 is 0 Å². The van der Waals surface area contributed by atoms with Crippen molar-refractivity contribution in [2.75, 3.05) is 63.0 Å². The number of hydrogen-bond donors (Lipinski definition) is 3. The Labute approximate surface area is 138 Å². The maximum atomic E-state index is 12.2. The number of aromatic hydroxyl groups is 1. The van der Waals surface area contributed by atoms with Crippen LogP contribution in [0, 0.1) is 0 Å². The number of nitrogen functional groups attached to an aromatic ring is 1. The van der Waals surface area contributed by atoms with E-state index in [4.69, 9.17) is 5.73 Å². The van der Waals surface area contributed by atoms with Gasteiger partial charge in [0, 0.05) is 31.3 Å². The molecule has 0 aliphatic carbocycles. The third kappa shape index (κ3) is 5.26. The number of phenols is 1. The van der Waals surface area contributed by atoms with Crippen LogP contribution in [0.2, 0.25) is 0 Å². The minimum atomic E-state index is -3.48. The molecule has 0 aromatic heterocycles. The molecule has 23 heavy (non-hydrogen) atoms. The Balaban J connectivity index is 1.87. The number of nitrogens with two attached hydrogens (primary N) is 1. The fraction of sp³-hybridized carbons (Fsp3) is 0.600. The quantitative estimate of drug-likeness (QED) is 0.397. The van der Waals surface area contributed by atoms with Gasteiger partial charge in [0.25, 0.3) is 0 Å². The van der Waals surface area contributed by atoms with Crippen molar-refractivity contribution in [1.29, 1.82) is 0 Å². The van der Waals surface area contributed by atoms with Gasteiger partial charge in [-0.3, -0.25) is 9.62 Å². The highest BCUT2D eigenvalue weighted by atomic mass is 32.2. The average Bonchev–Trinajstić information content (AvgIpc) is 2.45. The number of rotatable bonds is 6. The van der Waals surface area contributed by atoms with Gasteiger partial charge in [0.2, 0.25) is 10.0 Å². The van der Waals surface area contributed by atoms with Gasteiger partial charge >= 0.3 is 0 Å². The molecule has 0 amide bonds. The number of hydrogen-bond acceptors (Lipinski definition) is 5. The summed E-state index contributed by atoms with van der Waals surface area (Å²) in [5, 5.41) is 9.74. The summed E-state index contributed by atoms with van der Waals surface area (Å²) in [6.45, 7) is 5.01. The van der Waals surface area contributed by atoms with Gasteiger partial charge in [-0.15, -0.1) is 0 Å². The second-order valence-corrected chi connectivity index (χ2v) is 8.49. The van der Waals surface area contributed by atoms with Crippen LogP contribution in [0.25, 0.3) is 0 Å². The van der Waals surface area contributed by atoms with E-state index in [-0.39, 0.29) is 17.2 Å². The first-order valence-electron chi connectivity index (χ1n) is 7.80. The summed E-state index contributed by atoms with van der Waals surface area (Å²) in [6.07, 6.45) is 0.589. The summed E-state index contributed by atoms with van der Waals surface area (Å²) < 4.78 is 27.7. The van der Waals surface area contributed by atoms with Crippen molar-refractivity contribution in [2.45, 2.75) is 6.42 Å². The number of nitrogens with zero attached hydrogens (tertiary/aromatic N) is 2. The van der Waals surface area contributed by atoms with Gasteiger partial charge in [-0.1, -0.05) is 0 Å². The Morgan fingerprint density at radius 1 is 1.35 bits per heavy atom. The first-order valence-corrected chi connectivity index (χ1v) is 9.45. The third-order valence-electron chi connectivity index (χ3n) is 4.44. The van der Waals surface area contributed by atoms with Gasteiger partial charge in [0.05, 0.1) is 38.1 Å². The van der Waals surface area contributed by atoms with Crippen LogP contribution in [0.4, 0.5) is 11.4 Å². The summed E-state index contributed by atoms with van der Waals surface area (Å²) in [6, 6.07) is 4.35. The second-order valence-electron chi connectivity index (χ2n) is 6.64. The number of piperazine rings is 1. The van der Waals surface area contributed by atoms with Crippen LogP contribution in [0.5, 0.6) is 5.75 Å². The summed E-state index contributed by atoms with van der Waals surface area (Å²) in [5.74, 6) is -0.118. The Kier molecular flexibility index (Phi) is 5.38. The van der Waals surface area contributed by atoms with Crippen LogP contribution >= 0.6 is 0 Å². The van der Waals surface area contributed by atoms with Crippen LogP contribution in [-0.2, 0) is 10.0 Å². The minimum Gasteiger partial charge on any atom is -0.506 e. The topological polar surface area (TPSA) is 95.7 Å². The molecule has 0 bridgehead atoms. The van der Waals surface area contributed by atoms with Crippen molar-refractivity contribution in [3.63, 3.8) is 0 Å². The molecule has 8 heteroatoms. The van der Waals surface area contributed by atoms with Gasteiger partial charge < -0.3 is 15.3 Å². The van der Waals surface area contributed by atoms with Crippen molar-refractivity contribution in [3.8, 4) is 5.75 Å². The van der Waals surface area contributed by atoms with Crippen LogP contribution in [0.1, 0.15) is 6.42 Å². The molecule has 0 spiro atoms. The van der Waals surface area contributed by atoms with Gasteiger partial charge in [-0.05, 0) is 19.2 Å². The van der Waals surface area contributed by atoms with Crippen LogP contribution in [-0.4, -0.2) is 75.5 Å². The molecule has 7 nitrogen and oxygen atoms in total. The van der Waals surface area contributed by atoms with E-state index in [0.29, 0.717) is 12.1 Å². The summed E-state index contributed by atoms with van der Waals surface area (Å²) in [7, 11) is 0.808. The van der Waals surface area contributed by atoms with Crippen molar-refractivity contribution in [1.82, 2.24) is 4.90 Å². The summed E-state index contributed by atoms with van der Waals surface area (Å²) >= 11 is 0. The predicted octanol–water partition coefficient (Wildman–Crippen LogP) is 0.498. The highest BCUT2D eigenvalue weighted by Crippen LogP contribution is 2.26. The molecule has 0 unspecified atom stereocenters. The SMILES string of the molecule is CN1CC[N+](C)(CCCS(=O)(=O)Nc2ccc(N)cc2O)CC1. The third-order valence-corrected chi connectivity index (χ3v) is 5.80. The average molecular weight is 343 g/mol. The Morgan fingerprint density at radius 2 is 2.00 bits per heavy atom. The van der Waals surface area contributed by atoms with Crippen LogP contribution in [0.15, 0.2) is 18.2 Å². The number of nitrogens with one attached hydrogen (secondary N) is 1. The van der Waals surface area contributed by atoms with E-state index in [1.165, 1.54) is 12.1 Å². The normalized spacial score (nSPS) is 18.7. The van der Waals surface area contributed by atoms with E-state index < -0.39 is 10.0 Å². The smallest absolute Gasteiger partial charge is 0.233 e. The fourth-order valence-corrected chi connectivity index (χ4v) is 3.88. The lowest BCUT2D eigenvalue weighted by molar-refractivity contribution is -0.913. The molecule has 1 aromatic rings. The second kappa shape index (κ2) is 6.94. The number of sulfonamides is 1. The maximum absolute atomic E-state index is 12.2. The molecule has 130 valence electrons. The zero-order valence-electron chi connectivity index (χ0n) is 13.8. The van der Waals surface area contributed by atoms with Gasteiger partial charge in [0.15, 0.2) is 0 Å².